The number of benzene rings is 1. The highest BCUT2D eigenvalue weighted by Crippen LogP contribution is 2.25. The molecule has 0 heterocycles. The van der Waals surface area contributed by atoms with Gasteiger partial charge in [-0.15, -0.1) is 0 Å². The summed E-state index contributed by atoms with van der Waals surface area (Å²) in [7, 11) is -3.72. The maximum absolute atomic E-state index is 11.5. The van der Waals surface area contributed by atoms with Gasteiger partial charge in [0.25, 0.3) is 11.4 Å². The van der Waals surface area contributed by atoms with Gasteiger partial charge < -0.3 is 0 Å². The van der Waals surface area contributed by atoms with Crippen molar-refractivity contribution in [3.05, 3.63) is 38.4 Å². The molecule has 0 atom stereocenters. The molecular weight excluding hydrogens is 252 g/mol. The number of nitro groups is 2. The van der Waals surface area contributed by atoms with E-state index in [2.05, 4.69) is 0 Å². The Morgan fingerprint density at radius 1 is 1.06 bits per heavy atom. The van der Waals surface area contributed by atoms with Crippen LogP contribution in [0, 0.1) is 20.2 Å². The smallest absolute Gasteiger partial charge is 0.258 e. The summed E-state index contributed by atoms with van der Waals surface area (Å²) in [6.07, 6.45) is 0. The fraction of sp³-hybridized carbons (Fsp3) is 0.250. The Morgan fingerprint density at radius 2 is 1.47 bits per heavy atom. The average molecular weight is 260 g/mol. The third kappa shape index (κ3) is 2.75. The predicted molar refractivity (Wildman–Crippen MR) is 57.5 cm³/mol. The molecule has 1 aromatic carbocycles. The summed E-state index contributed by atoms with van der Waals surface area (Å²) in [6, 6.07) is 2.34. The average Bonchev–Trinajstić information content (AvgIpc) is 2.28. The highest BCUT2D eigenvalue weighted by molar-refractivity contribution is 7.91. The van der Waals surface area contributed by atoms with Crippen molar-refractivity contribution >= 4 is 21.2 Å². The zero-order valence-corrected chi connectivity index (χ0v) is 9.51. The van der Waals surface area contributed by atoms with E-state index >= 15 is 0 Å². The van der Waals surface area contributed by atoms with Crippen molar-refractivity contribution in [1.29, 1.82) is 0 Å². The SMILES string of the molecule is CCS(=O)(=O)c1cc([N+](=O)[O-])cc([N+](=O)[O-])c1. The van der Waals surface area contributed by atoms with Crippen molar-refractivity contribution < 1.29 is 18.3 Å². The summed E-state index contributed by atoms with van der Waals surface area (Å²) >= 11 is 0. The van der Waals surface area contributed by atoms with Gasteiger partial charge in [0.05, 0.1) is 26.6 Å². The summed E-state index contributed by atoms with van der Waals surface area (Å²) in [4.78, 5) is 18.9. The Hall–Kier alpha value is -2.03. The molecule has 0 fully saturated rings. The topological polar surface area (TPSA) is 120 Å². The minimum atomic E-state index is -3.72. The van der Waals surface area contributed by atoms with Crippen LogP contribution in [0.3, 0.4) is 0 Å². The highest BCUT2D eigenvalue weighted by Gasteiger charge is 2.22. The number of rotatable bonds is 4. The molecule has 8 nitrogen and oxygen atoms in total. The van der Waals surface area contributed by atoms with Gasteiger partial charge in [-0.3, -0.25) is 20.2 Å². The summed E-state index contributed by atoms with van der Waals surface area (Å²) in [6.45, 7) is 1.35. The van der Waals surface area contributed by atoms with Gasteiger partial charge in [-0.1, -0.05) is 6.92 Å². The van der Waals surface area contributed by atoms with Gasteiger partial charge in [0.1, 0.15) is 0 Å². The molecule has 0 aliphatic carbocycles. The highest BCUT2D eigenvalue weighted by atomic mass is 32.2. The first kappa shape index (κ1) is 13.0. The Labute approximate surface area is 96.1 Å². The van der Waals surface area contributed by atoms with E-state index in [1.54, 1.807) is 0 Å². The van der Waals surface area contributed by atoms with Crippen LogP contribution in [-0.2, 0) is 9.84 Å². The van der Waals surface area contributed by atoms with E-state index in [-0.39, 0.29) is 5.75 Å². The first-order valence-corrected chi connectivity index (χ1v) is 6.10. The van der Waals surface area contributed by atoms with Crippen LogP contribution in [0.5, 0.6) is 0 Å². The summed E-state index contributed by atoms with van der Waals surface area (Å²) < 4.78 is 23.0. The lowest BCUT2D eigenvalue weighted by Gasteiger charge is -2.01. The number of non-ortho nitro benzene ring substituents is 2. The quantitative estimate of drug-likeness (QED) is 0.594. The normalized spacial score (nSPS) is 11.1. The number of hydrogen-bond donors (Lipinski definition) is 0. The molecule has 0 bridgehead atoms. The van der Waals surface area contributed by atoms with Crippen molar-refractivity contribution in [2.24, 2.45) is 0 Å². The Bertz CT molecular complexity index is 547. The van der Waals surface area contributed by atoms with Gasteiger partial charge in [-0.25, -0.2) is 8.42 Å². The number of nitro benzene ring substituents is 2. The third-order valence-electron chi connectivity index (χ3n) is 2.04. The van der Waals surface area contributed by atoms with Gasteiger partial charge in [-0.2, -0.15) is 0 Å². The molecular formula is C8H8N2O6S. The molecule has 0 aliphatic heterocycles. The molecule has 0 radical (unpaired) electrons. The zero-order chi connectivity index (χ0) is 13.2. The minimum absolute atomic E-state index is 0.286. The second-order valence-electron chi connectivity index (χ2n) is 3.10. The lowest BCUT2D eigenvalue weighted by molar-refractivity contribution is -0.394. The lowest BCUT2D eigenvalue weighted by Crippen LogP contribution is -2.05. The molecule has 1 aromatic rings. The second kappa shape index (κ2) is 4.45. The second-order valence-corrected chi connectivity index (χ2v) is 5.38. The van der Waals surface area contributed by atoms with Crippen LogP contribution in [0.4, 0.5) is 11.4 Å². The van der Waals surface area contributed by atoms with Gasteiger partial charge >= 0.3 is 0 Å². The zero-order valence-electron chi connectivity index (χ0n) is 8.69. The standard InChI is InChI=1S/C8H8N2O6S/c1-2-17(15,16)8-4-6(9(11)12)3-7(5-8)10(13)14/h3-5H,2H2,1H3. The van der Waals surface area contributed by atoms with Crippen molar-refractivity contribution in [3.8, 4) is 0 Å². The van der Waals surface area contributed by atoms with Gasteiger partial charge in [0.15, 0.2) is 9.84 Å². The Balaban J connectivity index is 3.53. The minimum Gasteiger partial charge on any atom is -0.258 e. The molecule has 0 N–H and O–H groups in total. The summed E-state index contributed by atoms with van der Waals surface area (Å²) in [5.74, 6) is -0.286. The monoisotopic (exact) mass is 260 g/mol. The molecule has 17 heavy (non-hydrogen) atoms. The van der Waals surface area contributed by atoms with Crippen LogP contribution in [0.25, 0.3) is 0 Å². The Kier molecular flexibility index (Phi) is 3.42. The molecule has 0 saturated carbocycles. The van der Waals surface area contributed by atoms with E-state index in [0.717, 1.165) is 12.1 Å². The molecule has 0 aliphatic rings. The maximum Gasteiger partial charge on any atom is 0.277 e. The van der Waals surface area contributed by atoms with Crippen molar-refractivity contribution in [1.82, 2.24) is 0 Å². The summed E-state index contributed by atoms with van der Waals surface area (Å²) in [5, 5.41) is 21.1. The van der Waals surface area contributed by atoms with E-state index in [4.69, 9.17) is 0 Å². The van der Waals surface area contributed by atoms with E-state index in [1.165, 1.54) is 6.92 Å². The fourth-order valence-electron chi connectivity index (χ4n) is 1.13. The molecule has 0 unspecified atom stereocenters. The van der Waals surface area contributed by atoms with Crippen molar-refractivity contribution in [2.75, 3.05) is 5.75 Å². The fourth-order valence-corrected chi connectivity index (χ4v) is 2.06. The largest absolute Gasteiger partial charge is 0.277 e. The van der Waals surface area contributed by atoms with Crippen LogP contribution >= 0.6 is 0 Å². The number of nitrogens with zero attached hydrogens (tertiary/aromatic N) is 2. The molecule has 1 rings (SSSR count). The van der Waals surface area contributed by atoms with E-state index < -0.39 is 36.0 Å². The molecule has 92 valence electrons. The molecule has 0 aromatic heterocycles. The van der Waals surface area contributed by atoms with Gasteiger partial charge in [-0.05, 0) is 0 Å². The number of hydrogen-bond acceptors (Lipinski definition) is 6. The summed E-state index contributed by atoms with van der Waals surface area (Å²) in [5.41, 5.74) is -1.24. The van der Waals surface area contributed by atoms with Gasteiger partial charge in [0.2, 0.25) is 0 Å². The molecule has 0 amide bonds. The van der Waals surface area contributed by atoms with Gasteiger partial charge in [0, 0.05) is 12.1 Å². The maximum atomic E-state index is 11.5. The lowest BCUT2D eigenvalue weighted by atomic mass is 10.3. The van der Waals surface area contributed by atoms with Crippen LogP contribution < -0.4 is 0 Å². The first-order valence-electron chi connectivity index (χ1n) is 4.44. The first-order chi connectivity index (χ1) is 7.77. The van der Waals surface area contributed by atoms with E-state index in [1.807, 2.05) is 0 Å². The van der Waals surface area contributed by atoms with Crippen LogP contribution in [-0.4, -0.2) is 24.0 Å². The van der Waals surface area contributed by atoms with Crippen LogP contribution in [0.15, 0.2) is 23.1 Å². The van der Waals surface area contributed by atoms with Crippen molar-refractivity contribution in [2.45, 2.75) is 11.8 Å². The van der Waals surface area contributed by atoms with Crippen LogP contribution in [0.2, 0.25) is 0 Å². The Morgan fingerprint density at radius 3 is 1.76 bits per heavy atom. The van der Waals surface area contributed by atoms with Crippen molar-refractivity contribution in [3.63, 3.8) is 0 Å². The molecule has 9 heteroatoms. The number of sulfone groups is 1. The van der Waals surface area contributed by atoms with Crippen LogP contribution in [0.1, 0.15) is 6.92 Å². The molecule has 0 spiro atoms. The van der Waals surface area contributed by atoms with E-state index in [9.17, 15) is 28.6 Å². The predicted octanol–water partition coefficient (Wildman–Crippen LogP) is 1.30. The molecule has 0 saturated heterocycles. The van der Waals surface area contributed by atoms with E-state index in [0.29, 0.717) is 6.07 Å². The third-order valence-corrected chi connectivity index (χ3v) is 3.75.